The molecule has 0 amide bonds. The van der Waals surface area contributed by atoms with Crippen LogP contribution in [0.4, 0.5) is 0 Å². The van der Waals surface area contributed by atoms with Crippen molar-refractivity contribution >= 4 is 72.5 Å². The van der Waals surface area contributed by atoms with E-state index in [2.05, 4.69) is 74.9 Å². The van der Waals surface area contributed by atoms with Crippen molar-refractivity contribution in [3.63, 3.8) is 0 Å². The predicted octanol–water partition coefficient (Wildman–Crippen LogP) is 6.57. The highest BCUT2D eigenvalue weighted by atomic mass is 127. The van der Waals surface area contributed by atoms with E-state index in [9.17, 15) is 0 Å². The van der Waals surface area contributed by atoms with Crippen molar-refractivity contribution in [2.45, 2.75) is 0 Å². The van der Waals surface area contributed by atoms with Crippen LogP contribution in [-0.2, 0) is 0 Å². The molecule has 0 nitrogen and oxygen atoms in total. The molecule has 17 heavy (non-hydrogen) atoms. The Morgan fingerprint density at radius 1 is 0.706 bits per heavy atom. The van der Waals surface area contributed by atoms with Gasteiger partial charge in [-0.15, -0.1) is 34.0 Å². The summed E-state index contributed by atoms with van der Waals surface area (Å²) < 4.78 is 2.53. The summed E-state index contributed by atoms with van der Waals surface area (Å²) in [6, 6.07) is 13.1. The van der Waals surface area contributed by atoms with Crippen LogP contribution in [0.2, 0.25) is 0 Å². The highest BCUT2D eigenvalue weighted by molar-refractivity contribution is 14.1. The second kappa shape index (κ2) is 5.13. The molecule has 0 aliphatic heterocycles. The van der Waals surface area contributed by atoms with Gasteiger partial charge in [-0.05, 0) is 74.9 Å². The lowest BCUT2D eigenvalue weighted by Crippen LogP contribution is -1.57. The third-order valence-corrected chi connectivity index (χ3v) is 7.23. The second-order valence-corrected chi connectivity index (χ2v) is 9.90. The maximum Gasteiger partial charge on any atom is 0.0705 e. The zero-order valence-electron chi connectivity index (χ0n) is 8.44. The maximum atomic E-state index is 3.51. The van der Waals surface area contributed by atoms with Gasteiger partial charge in [-0.1, -0.05) is 0 Å². The number of halogens is 2. The van der Waals surface area contributed by atoms with Crippen LogP contribution in [0.3, 0.4) is 0 Å². The van der Waals surface area contributed by atoms with Gasteiger partial charge in [0.25, 0.3) is 0 Å². The largest absolute Gasteiger partial charge is 0.134 e. The van der Waals surface area contributed by atoms with Gasteiger partial charge in [0.05, 0.1) is 6.67 Å². The molecule has 0 unspecified atom stereocenters. The highest BCUT2D eigenvalue weighted by Crippen LogP contribution is 2.40. The summed E-state index contributed by atoms with van der Waals surface area (Å²) in [6.07, 6.45) is 0. The fraction of sp³-hybridized carbons (Fsp3) is 0. The molecule has 0 aromatic carbocycles. The molecule has 0 bridgehead atoms. The average molecular weight is 453 g/mol. The van der Waals surface area contributed by atoms with Crippen LogP contribution in [0, 0.1) is 2.88 Å². The van der Waals surface area contributed by atoms with Crippen LogP contribution in [-0.4, -0.2) is 0 Å². The summed E-state index contributed by atoms with van der Waals surface area (Å²) in [5.74, 6) is 0. The molecule has 0 saturated heterocycles. The highest BCUT2D eigenvalue weighted by Gasteiger charge is 2.08. The second-order valence-electron chi connectivity index (χ2n) is 3.37. The minimum Gasteiger partial charge on any atom is -0.134 e. The van der Waals surface area contributed by atoms with Gasteiger partial charge in [-0.3, -0.25) is 0 Å². The van der Waals surface area contributed by atoms with E-state index in [1.807, 2.05) is 22.7 Å². The fourth-order valence-electron chi connectivity index (χ4n) is 1.50. The molecule has 0 radical (unpaired) electrons. The molecule has 0 spiro atoms. The third kappa shape index (κ3) is 2.68. The minimum atomic E-state index is 1.19. The molecule has 0 saturated carbocycles. The molecule has 3 aromatic heterocycles. The molecule has 0 aliphatic carbocycles. The molecule has 3 rings (SSSR count). The first-order valence-electron chi connectivity index (χ1n) is 4.83. The molecule has 0 atom stereocenters. The topological polar surface area (TPSA) is 0 Å². The van der Waals surface area contributed by atoms with E-state index in [-0.39, 0.29) is 0 Å². The molecular formula is C12H6BrIS3. The predicted molar refractivity (Wildman–Crippen MR) is 91.4 cm³/mol. The van der Waals surface area contributed by atoms with Crippen LogP contribution in [0.5, 0.6) is 0 Å². The van der Waals surface area contributed by atoms with Gasteiger partial charge in [0.2, 0.25) is 0 Å². The number of rotatable bonds is 2. The lowest BCUT2D eigenvalue weighted by molar-refractivity contribution is 1.89. The maximum absolute atomic E-state index is 3.51. The normalized spacial score (nSPS) is 10.9. The Morgan fingerprint density at radius 3 is 1.76 bits per heavy atom. The first-order chi connectivity index (χ1) is 8.22. The molecule has 0 aliphatic rings. The van der Waals surface area contributed by atoms with Gasteiger partial charge < -0.3 is 0 Å². The lowest BCUT2D eigenvalue weighted by atomic mass is 10.3. The minimum absolute atomic E-state index is 1.19. The number of hydrogen-bond donors (Lipinski definition) is 0. The molecular weight excluding hydrogens is 447 g/mol. The molecule has 5 heteroatoms. The van der Waals surface area contributed by atoms with Gasteiger partial charge in [0.1, 0.15) is 0 Å². The summed E-state index contributed by atoms with van der Waals surface area (Å²) in [6.45, 7) is 0. The van der Waals surface area contributed by atoms with Crippen LogP contribution in [0.15, 0.2) is 40.2 Å². The van der Waals surface area contributed by atoms with Crippen molar-refractivity contribution < 1.29 is 0 Å². The van der Waals surface area contributed by atoms with Crippen LogP contribution < -0.4 is 0 Å². The first-order valence-corrected chi connectivity index (χ1v) is 9.16. The zero-order valence-corrected chi connectivity index (χ0v) is 14.6. The number of hydrogen-bond acceptors (Lipinski definition) is 3. The molecule has 0 fully saturated rings. The summed E-state index contributed by atoms with van der Waals surface area (Å²) in [5.41, 5.74) is 0. The van der Waals surface area contributed by atoms with E-state index in [1.165, 1.54) is 26.2 Å². The van der Waals surface area contributed by atoms with Crippen LogP contribution in [0.25, 0.3) is 19.5 Å². The van der Waals surface area contributed by atoms with E-state index < -0.39 is 0 Å². The van der Waals surface area contributed by atoms with Crippen LogP contribution in [0.1, 0.15) is 0 Å². The monoisotopic (exact) mass is 452 g/mol. The Morgan fingerprint density at radius 2 is 1.24 bits per heavy atom. The van der Waals surface area contributed by atoms with E-state index in [0.29, 0.717) is 0 Å². The molecule has 3 aromatic rings. The fourth-order valence-corrected chi connectivity index (χ4v) is 5.69. The van der Waals surface area contributed by atoms with Crippen molar-refractivity contribution in [2.75, 3.05) is 0 Å². The summed E-state index contributed by atoms with van der Waals surface area (Å²) in [4.78, 5) is 5.40. The van der Waals surface area contributed by atoms with Gasteiger partial charge in [-0.2, -0.15) is 0 Å². The van der Waals surface area contributed by atoms with Crippen molar-refractivity contribution in [1.29, 1.82) is 0 Å². The Hall–Kier alpha value is 0.310. The number of thiophene rings is 3. The van der Waals surface area contributed by atoms with Crippen molar-refractivity contribution in [3.05, 3.63) is 43.1 Å². The Labute approximate surface area is 134 Å². The zero-order chi connectivity index (χ0) is 11.8. The Balaban J connectivity index is 1.98. The van der Waals surface area contributed by atoms with Crippen LogP contribution >= 0.6 is 72.5 Å². The van der Waals surface area contributed by atoms with E-state index in [0.717, 1.165) is 0 Å². The van der Waals surface area contributed by atoms with Gasteiger partial charge in [0, 0.05) is 19.5 Å². The third-order valence-electron chi connectivity index (χ3n) is 2.24. The quantitative estimate of drug-likeness (QED) is 0.385. The Bertz CT molecular complexity index is 595. The molecule has 3 heterocycles. The average Bonchev–Trinajstić information content (AvgIpc) is 2.96. The van der Waals surface area contributed by atoms with Gasteiger partial charge in [0.15, 0.2) is 0 Å². The standard InChI is InChI=1S/C12H6BrIS3/c13-11-5-3-9(16-11)7-1-2-8(15-7)10-4-6-12(14)17-10/h1-6H. The summed E-state index contributed by atoms with van der Waals surface area (Å²) >= 11 is 11.4. The summed E-state index contributed by atoms with van der Waals surface area (Å²) in [5, 5.41) is 0. The Kier molecular flexibility index (Phi) is 3.72. The van der Waals surface area contributed by atoms with E-state index >= 15 is 0 Å². The van der Waals surface area contributed by atoms with E-state index in [4.69, 9.17) is 0 Å². The van der Waals surface area contributed by atoms with E-state index in [1.54, 1.807) is 11.3 Å². The molecule has 0 N–H and O–H groups in total. The van der Waals surface area contributed by atoms with Crippen molar-refractivity contribution in [1.82, 2.24) is 0 Å². The van der Waals surface area contributed by atoms with Crippen molar-refractivity contribution in [2.24, 2.45) is 0 Å². The van der Waals surface area contributed by atoms with Gasteiger partial charge >= 0.3 is 0 Å². The smallest absolute Gasteiger partial charge is 0.0705 e. The lowest BCUT2D eigenvalue weighted by Gasteiger charge is -1.90. The molecule has 86 valence electrons. The van der Waals surface area contributed by atoms with Gasteiger partial charge in [-0.25, -0.2) is 0 Å². The SMILES string of the molecule is Brc1ccc(-c2ccc(-c3ccc(I)s3)s2)s1. The van der Waals surface area contributed by atoms with Crippen molar-refractivity contribution in [3.8, 4) is 19.5 Å². The summed E-state index contributed by atoms with van der Waals surface area (Å²) in [7, 11) is 0. The first kappa shape index (κ1) is 12.3.